The maximum absolute atomic E-state index is 13.1. The monoisotopic (exact) mass is 398 g/mol. The SMILES string of the molecule is Cn1ccc(NC(=O)C(CC2CCOCC2)n2cc(C(F)(F)F)ccc2=O)n1. The first kappa shape index (κ1) is 20.1. The second kappa shape index (κ2) is 8.17. The zero-order chi connectivity index (χ0) is 20.3. The molecule has 1 N–H and O–H groups in total. The number of nitrogens with zero attached hydrogens (tertiary/aromatic N) is 3. The predicted molar refractivity (Wildman–Crippen MR) is 94.7 cm³/mol. The number of rotatable bonds is 5. The normalized spacial score (nSPS) is 16.7. The van der Waals surface area contributed by atoms with E-state index in [4.69, 9.17) is 4.74 Å². The van der Waals surface area contributed by atoms with Gasteiger partial charge in [-0.3, -0.25) is 14.3 Å². The Hall–Kier alpha value is -2.62. The molecule has 7 nitrogen and oxygen atoms in total. The fraction of sp³-hybridized carbons (Fsp3) is 0.500. The lowest BCUT2D eigenvalue weighted by molar-refractivity contribution is -0.138. The summed E-state index contributed by atoms with van der Waals surface area (Å²) in [7, 11) is 1.67. The van der Waals surface area contributed by atoms with Crippen LogP contribution < -0.4 is 10.9 Å². The molecule has 3 rings (SSSR count). The number of halogens is 3. The summed E-state index contributed by atoms with van der Waals surface area (Å²) in [5.41, 5.74) is -1.64. The minimum atomic E-state index is -4.61. The Bertz CT molecular complexity index is 885. The van der Waals surface area contributed by atoms with Crippen molar-refractivity contribution in [3.63, 3.8) is 0 Å². The molecule has 0 aromatic carbocycles. The van der Waals surface area contributed by atoms with Crippen LogP contribution in [0.4, 0.5) is 19.0 Å². The lowest BCUT2D eigenvalue weighted by atomic mass is 9.92. The second-order valence-corrected chi connectivity index (χ2v) is 6.83. The van der Waals surface area contributed by atoms with Crippen molar-refractivity contribution in [1.29, 1.82) is 0 Å². The highest BCUT2D eigenvalue weighted by atomic mass is 19.4. The van der Waals surface area contributed by atoms with Gasteiger partial charge in [-0.25, -0.2) is 0 Å². The molecule has 1 aliphatic heterocycles. The maximum Gasteiger partial charge on any atom is 0.417 e. The van der Waals surface area contributed by atoms with Crippen LogP contribution in [0.3, 0.4) is 0 Å². The average Bonchev–Trinajstić information content (AvgIpc) is 3.05. The summed E-state index contributed by atoms with van der Waals surface area (Å²) in [5, 5.41) is 6.64. The van der Waals surface area contributed by atoms with Gasteiger partial charge in [0.25, 0.3) is 5.56 Å². The Morgan fingerprint density at radius 2 is 2.04 bits per heavy atom. The van der Waals surface area contributed by atoms with Crippen LogP contribution in [0.15, 0.2) is 35.4 Å². The Labute approximate surface area is 159 Å². The van der Waals surface area contributed by atoms with E-state index in [-0.39, 0.29) is 18.2 Å². The van der Waals surface area contributed by atoms with E-state index >= 15 is 0 Å². The van der Waals surface area contributed by atoms with Gasteiger partial charge in [0, 0.05) is 44.8 Å². The molecule has 1 atom stereocenters. The van der Waals surface area contributed by atoms with Crippen molar-refractivity contribution in [1.82, 2.24) is 14.3 Å². The van der Waals surface area contributed by atoms with Gasteiger partial charge in [0.15, 0.2) is 5.82 Å². The van der Waals surface area contributed by atoms with Gasteiger partial charge in [0.05, 0.1) is 5.56 Å². The molecule has 1 aliphatic rings. The highest BCUT2D eigenvalue weighted by Gasteiger charge is 2.33. The van der Waals surface area contributed by atoms with Gasteiger partial charge in [0.2, 0.25) is 5.91 Å². The van der Waals surface area contributed by atoms with Gasteiger partial charge in [0.1, 0.15) is 6.04 Å². The fourth-order valence-electron chi connectivity index (χ4n) is 3.25. The maximum atomic E-state index is 13.1. The lowest BCUT2D eigenvalue weighted by Crippen LogP contribution is -2.35. The smallest absolute Gasteiger partial charge is 0.381 e. The molecule has 1 fully saturated rings. The van der Waals surface area contributed by atoms with Crippen molar-refractivity contribution in [3.05, 3.63) is 46.5 Å². The van der Waals surface area contributed by atoms with E-state index < -0.39 is 29.2 Å². The number of nitrogens with one attached hydrogen (secondary N) is 1. The average molecular weight is 398 g/mol. The first-order chi connectivity index (χ1) is 13.2. The summed E-state index contributed by atoms with van der Waals surface area (Å²) in [4.78, 5) is 25.2. The van der Waals surface area contributed by atoms with E-state index in [0.717, 1.165) is 16.7 Å². The van der Waals surface area contributed by atoms with Crippen LogP contribution in [0.5, 0.6) is 0 Å². The Kier molecular flexibility index (Phi) is 5.87. The van der Waals surface area contributed by atoms with E-state index in [2.05, 4.69) is 10.4 Å². The molecule has 28 heavy (non-hydrogen) atoms. The van der Waals surface area contributed by atoms with Gasteiger partial charge in [-0.1, -0.05) is 0 Å². The number of aromatic nitrogens is 3. The van der Waals surface area contributed by atoms with Crippen LogP contribution >= 0.6 is 0 Å². The highest BCUT2D eigenvalue weighted by molar-refractivity contribution is 5.92. The number of carbonyl (C=O) groups is 1. The molecular weight excluding hydrogens is 377 g/mol. The highest BCUT2D eigenvalue weighted by Crippen LogP contribution is 2.30. The largest absolute Gasteiger partial charge is 0.417 e. The Balaban J connectivity index is 1.93. The van der Waals surface area contributed by atoms with Gasteiger partial charge in [-0.15, -0.1) is 0 Å². The number of hydrogen-bond donors (Lipinski definition) is 1. The zero-order valence-electron chi connectivity index (χ0n) is 15.3. The molecule has 152 valence electrons. The summed E-state index contributed by atoms with van der Waals surface area (Å²) < 4.78 is 47.0. The molecule has 2 aromatic heterocycles. The topological polar surface area (TPSA) is 78.2 Å². The van der Waals surface area contributed by atoms with Gasteiger partial charge < -0.3 is 14.6 Å². The van der Waals surface area contributed by atoms with E-state index in [9.17, 15) is 22.8 Å². The third kappa shape index (κ3) is 4.80. The van der Waals surface area contributed by atoms with Crippen LogP contribution in [-0.2, 0) is 22.8 Å². The van der Waals surface area contributed by atoms with Crippen LogP contribution in [0.2, 0.25) is 0 Å². The molecule has 0 radical (unpaired) electrons. The fourth-order valence-corrected chi connectivity index (χ4v) is 3.25. The first-order valence-electron chi connectivity index (χ1n) is 8.91. The Morgan fingerprint density at radius 1 is 1.32 bits per heavy atom. The molecule has 10 heteroatoms. The third-order valence-corrected chi connectivity index (χ3v) is 4.77. The van der Waals surface area contributed by atoms with E-state index in [1.807, 2.05) is 0 Å². The summed E-state index contributed by atoms with van der Waals surface area (Å²) in [6.45, 7) is 1.05. The Morgan fingerprint density at radius 3 is 2.64 bits per heavy atom. The summed E-state index contributed by atoms with van der Waals surface area (Å²) in [6.07, 6.45) is -0.675. The number of aryl methyl sites for hydroxylation is 1. The molecule has 3 heterocycles. The molecule has 1 amide bonds. The van der Waals surface area contributed by atoms with Gasteiger partial charge >= 0.3 is 6.18 Å². The van der Waals surface area contributed by atoms with E-state index in [0.29, 0.717) is 32.3 Å². The minimum absolute atomic E-state index is 0.0645. The lowest BCUT2D eigenvalue weighted by Gasteiger charge is -2.27. The molecule has 0 bridgehead atoms. The molecule has 0 spiro atoms. The predicted octanol–water partition coefficient (Wildman–Crippen LogP) is 2.60. The molecule has 0 aliphatic carbocycles. The van der Waals surface area contributed by atoms with Crippen LogP contribution in [-0.4, -0.2) is 33.5 Å². The van der Waals surface area contributed by atoms with Crippen molar-refractivity contribution in [3.8, 4) is 0 Å². The number of anilines is 1. The van der Waals surface area contributed by atoms with Crippen molar-refractivity contribution < 1.29 is 22.7 Å². The quantitative estimate of drug-likeness (QED) is 0.840. The van der Waals surface area contributed by atoms with Crippen molar-refractivity contribution in [2.24, 2.45) is 13.0 Å². The van der Waals surface area contributed by atoms with Gasteiger partial charge in [-0.2, -0.15) is 18.3 Å². The van der Waals surface area contributed by atoms with Crippen molar-refractivity contribution in [2.75, 3.05) is 18.5 Å². The summed E-state index contributed by atoms with van der Waals surface area (Å²) in [5.74, 6) is -0.245. The minimum Gasteiger partial charge on any atom is -0.381 e. The number of amides is 1. The zero-order valence-corrected chi connectivity index (χ0v) is 15.3. The third-order valence-electron chi connectivity index (χ3n) is 4.77. The molecule has 1 saturated heterocycles. The number of carbonyl (C=O) groups excluding carboxylic acids is 1. The molecular formula is C18H21F3N4O3. The summed E-state index contributed by atoms with van der Waals surface area (Å²) in [6, 6.07) is 2.05. The molecule has 0 saturated carbocycles. The van der Waals surface area contributed by atoms with Crippen molar-refractivity contribution >= 4 is 11.7 Å². The molecule has 2 aromatic rings. The van der Waals surface area contributed by atoms with E-state index in [1.165, 1.54) is 4.68 Å². The standard InChI is InChI=1S/C18H21F3N4O3/c1-24-7-4-15(23-24)22-17(27)14(10-12-5-8-28-9-6-12)25-11-13(18(19,20)21)2-3-16(25)26/h2-4,7,11-12,14H,5-6,8-10H2,1H3,(H,22,23,27). The number of pyridine rings is 1. The van der Waals surface area contributed by atoms with E-state index in [1.54, 1.807) is 19.3 Å². The number of ether oxygens (including phenoxy) is 1. The first-order valence-corrected chi connectivity index (χ1v) is 8.91. The summed E-state index contributed by atoms with van der Waals surface area (Å²) >= 11 is 0. The number of alkyl halides is 3. The van der Waals surface area contributed by atoms with Gasteiger partial charge in [-0.05, 0) is 31.2 Å². The van der Waals surface area contributed by atoms with Crippen molar-refractivity contribution in [2.45, 2.75) is 31.5 Å². The number of hydrogen-bond acceptors (Lipinski definition) is 4. The molecule has 1 unspecified atom stereocenters. The van der Waals surface area contributed by atoms with Crippen LogP contribution in [0.1, 0.15) is 30.9 Å². The van der Waals surface area contributed by atoms with Crippen LogP contribution in [0, 0.1) is 5.92 Å². The van der Waals surface area contributed by atoms with Crippen LogP contribution in [0.25, 0.3) is 0 Å². The second-order valence-electron chi connectivity index (χ2n) is 6.83.